The lowest BCUT2D eigenvalue weighted by Crippen LogP contribution is -2.42. The first-order valence-corrected chi connectivity index (χ1v) is 7.73. The van der Waals surface area contributed by atoms with Crippen molar-refractivity contribution in [2.24, 2.45) is 10.4 Å². The van der Waals surface area contributed by atoms with E-state index in [2.05, 4.69) is 37.7 Å². The van der Waals surface area contributed by atoms with Gasteiger partial charge >= 0.3 is 0 Å². The second kappa shape index (κ2) is 6.09. The summed E-state index contributed by atoms with van der Waals surface area (Å²) < 4.78 is 0.968. The highest BCUT2D eigenvalue weighted by atomic mass is 79.9. The highest BCUT2D eigenvalue weighted by molar-refractivity contribution is 9.11. The maximum Gasteiger partial charge on any atom is 0.193 e. The van der Waals surface area contributed by atoms with E-state index in [1.807, 2.05) is 7.05 Å². The van der Waals surface area contributed by atoms with Gasteiger partial charge in [-0.1, -0.05) is 41.8 Å². The molecule has 18 heavy (non-hydrogen) atoms. The summed E-state index contributed by atoms with van der Waals surface area (Å²) in [6.07, 6.45) is 8.41. The highest BCUT2D eigenvalue weighted by Gasteiger charge is 2.39. The Balaban J connectivity index is 1.92. The number of halogens is 1. The standard InChI is InChI=1S/C14H24BrN3/c1-12(15)10-17-13(16-2)18-9-8-14(11-18)6-4-3-5-7-14/h1,3-11H2,2H3,(H,16,17). The quantitative estimate of drug-likeness (QED) is 0.626. The van der Waals surface area contributed by atoms with Gasteiger partial charge in [0.2, 0.25) is 0 Å². The second-order valence-electron chi connectivity index (χ2n) is 5.65. The zero-order valence-corrected chi connectivity index (χ0v) is 12.9. The number of aliphatic imine (C=N–C) groups is 1. The van der Waals surface area contributed by atoms with E-state index in [4.69, 9.17) is 0 Å². The molecule has 4 heteroatoms. The summed E-state index contributed by atoms with van der Waals surface area (Å²) in [5.41, 5.74) is 0.585. The molecule has 1 N–H and O–H groups in total. The predicted octanol–water partition coefficient (Wildman–Crippen LogP) is 3.13. The number of rotatable bonds is 2. The SMILES string of the molecule is C=C(Br)CNC(=NC)N1CCC2(CCCCC2)C1. The molecule has 0 aromatic carbocycles. The van der Waals surface area contributed by atoms with Crippen molar-refractivity contribution in [1.82, 2.24) is 10.2 Å². The van der Waals surface area contributed by atoms with Gasteiger partial charge in [0.25, 0.3) is 0 Å². The summed E-state index contributed by atoms with van der Waals surface area (Å²) in [5.74, 6) is 1.03. The summed E-state index contributed by atoms with van der Waals surface area (Å²) in [6.45, 7) is 6.93. The molecule has 1 aliphatic heterocycles. The summed E-state index contributed by atoms with van der Waals surface area (Å²) in [5, 5.41) is 3.36. The Hall–Kier alpha value is -0.510. The Bertz CT molecular complexity index is 332. The molecule has 0 aromatic heterocycles. The average molecular weight is 314 g/mol. The van der Waals surface area contributed by atoms with Crippen LogP contribution >= 0.6 is 15.9 Å². The Morgan fingerprint density at radius 2 is 2.06 bits per heavy atom. The third-order valence-electron chi connectivity index (χ3n) is 4.30. The first kappa shape index (κ1) is 13.9. The van der Waals surface area contributed by atoms with E-state index in [0.717, 1.165) is 23.5 Å². The molecule has 0 atom stereocenters. The van der Waals surface area contributed by atoms with E-state index >= 15 is 0 Å². The molecule has 2 fully saturated rings. The van der Waals surface area contributed by atoms with Crippen molar-refractivity contribution in [2.75, 3.05) is 26.7 Å². The third-order valence-corrected chi connectivity index (χ3v) is 4.58. The molecule has 0 amide bonds. The molecule has 3 nitrogen and oxygen atoms in total. The van der Waals surface area contributed by atoms with Crippen LogP contribution in [0.5, 0.6) is 0 Å². The van der Waals surface area contributed by atoms with Crippen molar-refractivity contribution >= 4 is 21.9 Å². The monoisotopic (exact) mass is 313 g/mol. The van der Waals surface area contributed by atoms with Crippen molar-refractivity contribution in [2.45, 2.75) is 38.5 Å². The Morgan fingerprint density at radius 3 is 2.67 bits per heavy atom. The normalized spacial score (nSPS) is 23.4. The molecule has 2 rings (SSSR count). The second-order valence-corrected chi connectivity index (χ2v) is 6.77. The van der Waals surface area contributed by atoms with Crippen LogP contribution in [-0.4, -0.2) is 37.5 Å². The van der Waals surface area contributed by atoms with Gasteiger partial charge in [-0.15, -0.1) is 0 Å². The van der Waals surface area contributed by atoms with E-state index in [1.165, 1.54) is 45.1 Å². The van der Waals surface area contributed by atoms with Gasteiger partial charge in [-0.05, 0) is 24.7 Å². The smallest absolute Gasteiger partial charge is 0.193 e. The Kier molecular flexibility index (Phi) is 4.71. The lowest BCUT2D eigenvalue weighted by Gasteiger charge is -2.33. The van der Waals surface area contributed by atoms with Crippen molar-refractivity contribution in [1.29, 1.82) is 0 Å². The molecule has 1 spiro atoms. The van der Waals surface area contributed by atoms with Gasteiger partial charge in [0.15, 0.2) is 5.96 Å². The first-order valence-electron chi connectivity index (χ1n) is 6.94. The molecular weight excluding hydrogens is 290 g/mol. The van der Waals surface area contributed by atoms with Gasteiger partial charge in [0.05, 0.1) is 0 Å². The Labute approximate surface area is 119 Å². The zero-order valence-electron chi connectivity index (χ0n) is 11.3. The minimum atomic E-state index is 0.585. The van der Waals surface area contributed by atoms with E-state index in [0.29, 0.717) is 5.41 Å². The highest BCUT2D eigenvalue weighted by Crippen LogP contribution is 2.43. The molecule has 1 heterocycles. The maximum absolute atomic E-state index is 4.39. The average Bonchev–Trinajstić information content (AvgIpc) is 2.74. The Morgan fingerprint density at radius 1 is 1.33 bits per heavy atom. The third kappa shape index (κ3) is 3.28. The molecule has 2 aliphatic rings. The minimum Gasteiger partial charge on any atom is -0.352 e. The summed E-state index contributed by atoms with van der Waals surface area (Å²) >= 11 is 3.38. The van der Waals surface area contributed by atoms with Gasteiger partial charge in [0.1, 0.15) is 0 Å². The first-order chi connectivity index (χ1) is 8.65. The minimum absolute atomic E-state index is 0.585. The van der Waals surface area contributed by atoms with E-state index in [1.54, 1.807) is 0 Å². The number of guanidine groups is 1. The van der Waals surface area contributed by atoms with Crippen molar-refractivity contribution < 1.29 is 0 Å². The molecule has 1 saturated carbocycles. The molecule has 0 unspecified atom stereocenters. The number of nitrogens with one attached hydrogen (secondary N) is 1. The molecular formula is C14H24BrN3. The van der Waals surface area contributed by atoms with E-state index < -0.39 is 0 Å². The topological polar surface area (TPSA) is 27.6 Å². The van der Waals surface area contributed by atoms with Crippen LogP contribution in [0, 0.1) is 5.41 Å². The number of nitrogens with zero attached hydrogens (tertiary/aromatic N) is 2. The molecule has 102 valence electrons. The summed E-state index contributed by atoms with van der Waals surface area (Å²) in [7, 11) is 1.87. The molecule has 1 saturated heterocycles. The molecule has 0 radical (unpaired) electrons. The van der Waals surface area contributed by atoms with Crippen LogP contribution in [0.3, 0.4) is 0 Å². The molecule has 0 aromatic rings. The van der Waals surface area contributed by atoms with Crippen LogP contribution in [-0.2, 0) is 0 Å². The fourth-order valence-electron chi connectivity index (χ4n) is 3.33. The maximum atomic E-state index is 4.39. The lowest BCUT2D eigenvalue weighted by atomic mass is 9.73. The molecule has 0 bridgehead atoms. The fourth-order valence-corrected chi connectivity index (χ4v) is 3.47. The van der Waals surface area contributed by atoms with Crippen LogP contribution in [0.4, 0.5) is 0 Å². The largest absolute Gasteiger partial charge is 0.352 e. The van der Waals surface area contributed by atoms with Crippen LogP contribution in [0.2, 0.25) is 0 Å². The fraction of sp³-hybridized carbons (Fsp3) is 0.786. The van der Waals surface area contributed by atoms with Crippen molar-refractivity contribution in [3.8, 4) is 0 Å². The van der Waals surface area contributed by atoms with Gasteiger partial charge in [0, 0.05) is 31.2 Å². The van der Waals surface area contributed by atoms with Crippen LogP contribution in [0.15, 0.2) is 16.1 Å². The van der Waals surface area contributed by atoms with Gasteiger partial charge < -0.3 is 10.2 Å². The predicted molar refractivity (Wildman–Crippen MR) is 81.1 cm³/mol. The zero-order chi connectivity index (χ0) is 13.0. The van der Waals surface area contributed by atoms with E-state index in [9.17, 15) is 0 Å². The summed E-state index contributed by atoms with van der Waals surface area (Å²) in [6, 6.07) is 0. The number of hydrogen-bond acceptors (Lipinski definition) is 1. The van der Waals surface area contributed by atoms with Crippen LogP contribution in [0.1, 0.15) is 38.5 Å². The lowest BCUT2D eigenvalue weighted by molar-refractivity contribution is 0.203. The summed E-state index contributed by atoms with van der Waals surface area (Å²) in [4.78, 5) is 6.81. The van der Waals surface area contributed by atoms with Gasteiger partial charge in [-0.2, -0.15) is 0 Å². The van der Waals surface area contributed by atoms with Gasteiger partial charge in [-0.3, -0.25) is 4.99 Å². The van der Waals surface area contributed by atoms with Crippen LogP contribution in [0.25, 0.3) is 0 Å². The molecule has 1 aliphatic carbocycles. The number of hydrogen-bond donors (Lipinski definition) is 1. The van der Waals surface area contributed by atoms with E-state index in [-0.39, 0.29) is 0 Å². The van der Waals surface area contributed by atoms with Crippen LogP contribution < -0.4 is 5.32 Å². The number of likely N-dealkylation sites (tertiary alicyclic amines) is 1. The van der Waals surface area contributed by atoms with Gasteiger partial charge in [-0.25, -0.2) is 0 Å². The van der Waals surface area contributed by atoms with Crippen molar-refractivity contribution in [3.05, 3.63) is 11.1 Å². The van der Waals surface area contributed by atoms with Crippen molar-refractivity contribution in [3.63, 3.8) is 0 Å².